The molecule has 0 amide bonds. The average Bonchev–Trinajstić information content (AvgIpc) is 2.64. The van der Waals surface area contributed by atoms with E-state index in [0.29, 0.717) is 19.5 Å². The van der Waals surface area contributed by atoms with E-state index in [-0.39, 0.29) is 5.75 Å². The van der Waals surface area contributed by atoms with Crippen LogP contribution in [0.5, 0.6) is 0 Å². The maximum absolute atomic E-state index is 10.9. The first-order valence-corrected chi connectivity index (χ1v) is 7.85. The first kappa shape index (κ1) is 14.1. The van der Waals surface area contributed by atoms with Crippen molar-refractivity contribution in [1.82, 2.24) is 20.3 Å². The van der Waals surface area contributed by atoms with Crippen molar-refractivity contribution in [3.63, 3.8) is 0 Å². The molecule has 0 spiro atoms. The van der Waals surface area contributed by atoms with Crippen LogP contribution in [0.4, 0.5) is 0 Å². The van der Waals surface area contributed by atoms with Gasteiger partial charge in [0.15, 0.2) is 0 Å². The molecule has 1 aromatic heterocycles. The molecule has 17 heavy (non-hydrogen) atoms. The van der Waals surface area contributed by atoms with E-state index >= 15 is 0 Å². The Hall–Kier alpha value is -0.950. The lowest BCUT2D eigenvalue weighted by Crippen LogP contribution is -2.13. The van der Waals surface area contributed by atoms with Gasteiger partial charge in [-0.2, -0.15) is 0 Å². The molecular weight excluding hydrogens is 240 g/mol. The average molecular weight is 260 g/mol. The van der Waals surface area contributed by atoms with Crippen molar-refractivity contribution >= 4 is 9.84 Å². The van der Waals surface area contributed by atoms with Crippen LogP contribution in [-0.2, 0) is 22.9 Å². The predicted molar refractivity (Wildman–Crippen MR) is 66.3 cm³/mol. The van der Waals surface area contributed by atoms with E-state index in [9.17, 15) is 8.42 Å². The Bertz CT molecular complexity index is 427. The fourth-order valence-electron chi connectivity index (χ4n) is 1.41. The predicted octanol–water partition coefficient (Wildman–Crippen LogP) is 0.212. The highest BCUT2D eigenvalue weighted by molar-refractivity contribution is 7.90. The molecule has 1 rings (SSSR count). The van der Waals surface area contributed by atoms with Crippen LogP contribution in [0.15, 0.2) is 6.20 Å². The van der Waals surface area contributed by atoms with E-state index in [0.717, 1.165) is 18.7 Å². The molecule has 0 radical (unpaired) electrons. The maximum Gasteiger partial charge on any atom is 0.147 e. The van der Waals surface area contributed by atoms with Crippen LogP contribution < -0.4 is 5.32 Å². The van der Waals surface area contributed by atoms with Gasteiger partial charge in [0.1, 0.15) is 9.84 Å². The number of nitrogens with zero attached hydrogens (tertiary/aromatic N) is 3. The van der Waals surface area contributed by atoms with Crippen LogP contribution in [-0.4, -0.2) is 42.0 Å². The van der Waals surface area contributed by atoms with Gasteiger partial charge in [-0.1, -0.05) is 12.1 Å². The number of aryl methyl sites for hydroxylation is 1. The molecule has 0 bridgehead atoms. The van der Waals surface area contributed by atoms with Gasteiger partial charge in [-0.25, -0.2) is 8.42 Å². The minimum Gasteiger partial charge on any atom is -0.311 e. The zero-order valence-electron chi connectivity index (χ0n) is 10.4. The highest BCUT2D eigenvalue weighted by Crippen LogP contribution is 1.96. The lowest BCUT2D eigenvalue weighted by Gasteiger charge is -1.99. The molecule has 0 aromatic carbocycles. The molecule has 1 aromatic rings. The Balaban J connectivity index is 2.30. The highest BCUT2D eigenvalue weighted by Gasteiger charge is 2.03. The number of aromatic nitrogens is 3. The van der Waals surface area contributed by atoms with Crippen LogP contribution in [0.3, 0.4) is 0 Å². The largest absolute Gasteiger partial charge is 0.311 e. The Kier molecular flexibility index (Phi) is 5.57. The van der Waals surface area contributed by atoms with E-state index in [2.05, 4.69) is 22.6 Å². The van der Waals surface area contributed by atoms with Crippen molar-refractivity contribution in [3.05, 3.63) is 11.9 Å². The molecular formula is C10H20N4O2S. The second-order valence-corrected chi connectivity index (χ2v) is 6.39. The highest BCUT2D eigenvalue weighted by atomic mass is 32.2. The summed E-state index contributed by atoms with van der Waals surface area (Å²) in [5, 5.41) is 11.2. The monoisotopic (exact) mass is 260 g/mol. The maximum atomic E-state index is 10.9. The van der Waals surface area contributed by atoms with Gasteiger partial charge in [-0.05, 0) is 19.4 Å². The number of hydrogen-bond donors (Lipinski definition) is 1. The summed E-state index contributed by atoms with van der Waals surface area (Å²) < 4.78 is 23.6. The van der Waals surface area contributed by atoms with E-state index in [4.69, 9.17) is 0 Å². The van der Waals surface area contributed by atoms with Gasteiger partial charge in [-0.15, -0.1) is 5.10 Å². The third-order valence-electron chi connectivity index (χ3n) is 2.22. The zero-order chi connectivity index (χ0) is 12.7. The molecule has 0 unspecified atom stereocenters. The molecule has 98 valence electrons. The SMILES string of the molecule is CCCNCc1cn(CCCS(C)(=O)=O)nn1. The van der Waals surface area contributed by atoms with Gasteiger partial charge in [0.25, 0.3) is 0 Å². The van der Waals surface area contributed by atoms with Crippen LogP contribution >= 0.6 is 0 Å². The van der Waals surface area contributed by atoms with Gasteiger partial charge < -0.3 is 5.32 Å². The molecule has 0 atom stereocenters. The summed E-state index contributed by atoms with van der Waals surface area (Å²) in [6, 6.07) is 0. The van der Waals surface area contributed by atoms with Gasteiger partial charge in [0.05, 0.1) is 11.4 Å². The third-order valence-corrected chi connectivity index (χ3v) is 3.25. The summed E-state index contributed by atoms with van der Waals surface area (Å²) in [6.07, 6.45) is 4.76. The van der Waals surface area contributed by atoms with Crippen LogP contribution in [0.1, 0.15) is 25.5 Å². The molecule has 0 aliphatic rings. The molecule has 0 fully saturated rings. The normalized spacial score (nSPS) is 11.9. The second-order valence-electron chi connectivity index (χ2n) is 4.13. The van der Waals surface area contributed by atoms with E-state index in [1.54, 1.807) is 4.68 Å². The minimum absolute atomic E-state index is 0.191. The molecule has 1 N–H and O–H groups in total. The van der Waals surface area contributed by atoms with Gasteiger partial charge in [-0.3, -0.25) is 4.68 Å². The van der Waals surface area contributed by atoms with Crippen molar-refractivity contribution in [2.45, 2.75) is 32.9 Å². The third kappa shape index (κ3) is 6.38. The van der Waals surface area contributed by atoms with Crippen molar-refractivity contribution in [1.29, 1.82) is 0 Å². The molecule has 0 aliphatic heterocycles. The number of hydrogen-bond acceptors (Lipinski definition) is 5. The fraction of sp³-hybridized carbons (Fsp3) is 0.800. The summed E-state index contributed by atoms with van der Waals surface area (Å²) >= 11 is 0. The summed E-state index contributed by atoms with van der Waals surface area (Å²) in [5.41, 5.74) is 0.887. The zero-order valence-corrected chi connectivity index (χ0v) is 11.2. The molecule has 1 heterocycles. The van der Waals surface area contributed by atoms with Crippen molar-refractivity contribution in [2.24, 2.45) is 0 Å². The lowest BCUT2D eigenvalue weighted by atomic mass is 10.4. The summed E-state index contributed by atoms with van der Waals surface area (Å²) in [5.74, 6) is 0.191. The number of sulfone groups is 1. The van der Waals surface area contributed by atoms with Gasteiger partial charge in [0.2, 0.25) is 0 Å². The fourth-order valence-corrected chi connectivity index (χ4v) is 2.06. The quantitative estimate of drug-likeness (QED) is 0.676. The van der Waals surface area contributed by atoms with E-state index < -0.39 is 9.84 Å². The van der Waals surface area contributed by atoms with Gasteiger partial charge >= 0.3 is 0 Å². The summed E-state index contributed by atoms with van der Waals surface area (Å²) in [6.45, 7) is 4.36. The van der Waals surface area contributed by atoms with E-state index in [1.807, 2.05) is 6.20 Å². The summed E-state index contributed by atoms with van der Waals surface area (Å²) in [7, 11) is -2.88. The van der Waals surface area contributed by atoms with Crippen LogP contribution in [0.2, 0.25) is 0 Å². The van der Waals surface area contributed by atoms with E-state index in [1.165, 1.54) is 6.26 Å². The Morgan fingerprint density at radius 2 is 2.24 bits per heavy atom. The first-order valence-electron chi connectivity index (χ1n) is 5.78. The standard InChI is InChI=1S/C10H20N4O2S/c1-3-5-11-8-10-9-14(13-12-10)6-4-7-17(2,15)16/h9,11H,3-8H2,1-2H3. The number of rotatable bonds is 8. The lowest BCUT2D eigenvalue weighted by molar-refractivity contribution is 0.564. The first-order chi connectivity index (χ1) is 8.01. The molecule has 0 saturated heterocycles. The summed E-state index contributed by atoms with van der Waals surface area (Å²) in [4.78, 5) is 0. The topological polar surface area (TPSA) is 76.9 Å². The van der Waals surface area contributed by atoms with Crippen LogP contribution in [0, 0.1) is 0 Å². The van der Waals surface area contributed by atoms with Crippen molar-refractivity contribution < 1.29 is 8.42 Å². The van der Waals surface area contributed by atoms with Crippen LogP contribution in [0.25, 0.3) is 0 Å². The van der Waals surface area contributed by atoms with Crippen molar-refractivity contribution in [2.75, 3.05) is 18.6 Å². The Labute approximate surface area is 102 Å². The Morgan fingerprint density at radius 1 is 1.47 bits per heavy atom. The molecule has 0 aliphatic carbocycles. The molecule has 7 heteroatoms. The van der Waals surface area contributed by atoms with Crippen molar-refractivity contribution in [3.8, 4) is 0 Å². The smallest absolute Gasteiger partial charge is 0.147 e. The molecule has 0 saturated carbocycles. The number of nitrogens with one attached hydrogen (secondary N) is 1. The van der Waals surface area contributed by atoms with Gasteiger partial charge in [0, 0.05) is 25.5 Å². The minimum atomic E-state index is -2.88. The Morgan fingerprint density at radius 3 is 2.88 bits per heavy atom. The second kappa shape index (κ2) is 6.70. The molecule has 6 nitrogen and oxygen atoms in total.